The van der Waals surface area contributed by atoms with Gasteiger partial charge in [-0.1, -0.05) is 24.3 Å². The summed E-state index contributed by atoms with van der Waals surface area (Å²) in [4.78, 5) is 43.8. The van der Waals surface area contributed by atoms with E-state index in [-0.39, 0.29) is 23.3 Å². The van der Waals surface area contributed by atoms with E-state index in [2.05, 4.69) is 10.6 Å². The smallest absolute Gasteiger partial charge is 0.240 e. The summed E-state index contributed by atoms with van der Waals surface area (Å²) >= 11 is 0. The third-order valence-electron chi connectivity index (χ3n) is 4.19. The number of benzene rings is 2. The van der Waals surface area contributed by atoms with Crippen LogP contribution in [0.15, 0.2) is 48.5 Å². The molecule has 172 valence electrons. The summed E-state index contributed by atoms with van der Waals surface area (Å²) in [6.07, 6.45) is 0.629. The Labute approximate surface area is 185 Å². The highest BCUT2D eigenvalue weighted by molar-refractivity contribution is 5.86. The zero-order valence-electron chi connectivity index (χ0n) is 17.9. The van der Waals surface area contributed by atoms with Gasteiger partial charge >= 0.3 is 0 Å². The third-order valence-corrected chi connectivity index (χ3v) is 4.19. The summed E-state index contributed by atoms with van der Waals surface area (Å²) in [6, 6.07) is 11.3. The molecule has 2 rings (SSSR count). The summed E-state index contributed by atoms with van der Waals surface area (Å²) in [6.45, 7) is 2.65. The molecule has 0 bridgehead atoms. The number of carbonyl (C=O) groups excluding carboxylic acids is 4. The molecule has 32 heavy (non-hydrogen) atoms. The maximum Gasteiger partial charge on any atom is 0.240 e. The van der Waals surface area contributed by atoms with Gasteiger partial charge in [-0.2, -0.15) is 0 Å². The fraction of sp³-hybridized carbons (Fsp3) is 0.273. The summed E-state index contributed by atoms with van der Waals surface area (Å²) in [5.41, 5.74) is 11.9. The Kier molecular flexibility index (Phi) is 10.2. The largest absolute Gasteiger partial charge is 0.508 e. The molecule has 0 saturated carbocycles. The fourth-order valence-corrected chi connectivity index (χ4v) is 2.67. The van der Waals surface area contributed by atoms with Gasteiger partial charge in [0, 0.05) is 26.7 Å². The quantitative estimate of drug-likeness (QED) is 0.329. The average Bonchev–Trinajstić information content (AvgIpc) is 2.70. The zero-order chi connectivity index (χ0) is 24.3. The van der Waals surface area contributed by atoms with E-state index in [1.165, 1.54) is 38.1 Å². The lowest BCUT2D eigenvalue weighted by Gasteiger charge is -2.14. The Hall–Kier alpha value is -4.08. The Morgan fingerprint density at radius 2 is 0.969 bits per heavy atom. The molecule has 0 heterocycles. The number of aromatic hydroxyl groups is 2. The molecule has 2 aromatic rings. The van der Waals surface area contributed by atoms with E-state index in [0.29, 0.717) is 12.8 Å². The molecule has 0 aliphatic rings. The first kappa shape index (κ1) is 26.0. The van der Waals surface area contributed by atoms with E-state index < -0.39 is 23.9 Å². The van der Waals surface area contributed by atoms with Crippen molar-refractivity contribution in [1.29, 1.82) is 0 Å². The van der Waals surface area contributed by atoms with Gasteiger partial charge in [-0.3, -0.25) is 19.2 Å². The first-order valence-electron chi connectivity index (χ1n) is 9.66. The molecule has 0 aliphatic heterocycles. The van der Waals surface area contributed by atoms with Crippen molar-refractivity contribution in [2.24, 2.45) is 11.5 Å². The van der Waals surface area contributed by atoms with E-state index in [0.717, 1.165) is 11.1 Å². The minimum Gasteiger partial charge on any atom is -0.508 e. The van der Waals surface area contributed by atoms with Crippen LogP contribution in [-0.4, -0.2) is 45.9 Å². The Morgan fingerprint density at radius 3 is 1.19 bits per heavy atom. The zero-order valence-corrected chi connectivity index (χ0v) is 17.9. The van der Waals surface area contributed by atoms with Crippen molar-refractivity contribution >= 4 is 23.6 Å². The number of primary amides is 2. The second kappa shape index (κ2) is 12.6. The standard InChI is InChI=1S/2C11H14N2O3/c2*1-7(14)13-10(11(12)16)6-8-2-4-9(15)5-3-8/h2*2-5,10,15H,6H2,1H3,(H2,12,16)(H,13,14)/t2*10-/m00/s1. The van der Waals surface area contributed by atoms with Gasteiger partial charge < -0.3 is 32.3 Å². The van der Waals surface area contributed by atoms with E-state index in [9.17, 15) is 19.2 Å². The molecular weight excluding hydrogens is 416 g/mol. The number of phenolic OH excluding ortho intramolecular Hbond substituents is 2. The molecule has 0 spiro atoms. The highest BCUT2D eigenvalue weighted by Gasteiger charge is 2.17. The molecular formula is C22H28N4O6. The van der Waals surface area contributed by atoms with Gasteiger partial charge in [-0.25, -0.2) is 0 Å². The Balaban J connectivity index is 0.000000320. The van der Waals surface area contributed by atoms with Crippen LogP contribution < -0.4 is 22.1 Å². The third kappa shape index (κ3) is 10.1. The van der Waals surface area contributed by atoms with Crippen molar-refractivity contribution < 1.29 is 29.4 Å². The van der Waals surface area contributed by atoms with E-state index >= 15 is 0 Å². The second-order valence-corrected chi connectivity index (χ2v) is 7.05. The molecule has 0 fully saturated rings. The van der Waals surface area contributed by atoms with E-state index in [1.807, 2.05) is 0 Å². The number of carbonyl (C=O) groups is 4. The van der Waals surface area contributed by atoms with Crippen molar-refractivity contribution in [2.75, 3.05) is 0 Å². The first-order valence-corrected chi connectivity index (χ1v) is 9.66. The molecule has 0 radical (unpaired) electrons. The van der Waals surface area contributed by atoms with Crippen LogP contribution in [0.5, 0.6) is 11.5 Å². The lowest BCUT2D eigenvalue weighted by Crippen LogP contribution is -2.44. The Morgan fingerprint density at radius 1 is 0.688 bits per heavy atom. The molecule has 4 amide bonds. The van der Waals surface area contributed by atoms with E-state index in [4.69, 9.17) is 21.7 Å². The van der Waals surface area contributed by atoms with Crippen molar-refractivity contribution in [2.45, 2.75) is 38.8 Å². The van der Waals surface area contributed by atoms with Gasteiger partial charge in [0.15, 0.2) is 0 Å². The van der Waals surface area contributed by atoms with Crippen molar-refractivity contribution in [3.05, 3.63) is 59.7 Å². The molecule has 10 heteroatoms. The average molecular weight is 444 g/mol. The van der Waals surface area contributed by atoms with Gasteiger partial charge in [0.05, 0.1) is 0 Å². The van der Waals surface area contributed by atoms with Crippen LogP contribution in [0.2, 0.25) is 0 Å². The van der Waals surface area contributed by atoms with E-state index in [1.54, 1.807) is 24.3 Å². The van der Waals surface area contributed by atoms with Gasteiger partial charge in [0.1, 0.15) is 23.6 Å². The van der Waals surface area contributed by atoms with Gasteiger partial charge in [0.2, 0.25) is 23.6 Å². The normalized spacial score (nSPS) is 11.8. The molecule has 10 nitrogen and oxygen atoms in total. The van der Waals surface area contributed by atoms with Crippen LogP contribution in [0.25, 0.3) is 0 Å². The summed E-state index contributed by atoms with van der Waals surface area (Å²) in [7, 11) is 0. The number of amides is 4. The molecule has 2 aromatic carbocycles. The first-order chi connectivity index (χ1) is 15.0. The summed E-state index contributed by atoms with van der Waals surface area (Å²) in [5.74, 6) is -1.46. The lowest BCUT2D eigenvalue weighted by atomic mass is 10.1. The minimum absolute atomic E-state index is 0.152. The van der Waals surface area contributed by atoms with Crippen LogP contribution in [-0.2, 0) is 32.0 Å². The number of nitrogens with one attached hydrogen (secondary N) is 2. The SMILES string of the molecule is CC(=O)N[C@@H](Cc1ccc(O)cc1)C(N)=O.CC(=O)N[C@@H](Cc1ccc(O)cc1)C(N)=O. The number of hydrogen-bond acceptors (Lipinski definition) is 6. The summed E-state index contributed by atoms with van der Waals surface area (Å²) in [5, 5.41) is 23.1. The van der Waals surface area contributed by atoms with Crippen molar-refractivity contribution in [3.8, 4) is 11.5 Å². The molecule has 0 aliphatic carbocycles. The monoisotopic (exact) mass is 444 g/mol. The van der Waals surface area contributed by atoms with Crippen LogP contribution in [0, 0.1) is 0 Å². The molecule has 8 N–H and O–H groups in total. The van der Waals surface area contributed by atoms with Crippen LogP contribution in [0.3, 0.4) is 0 Å². The highest BCUT2D eigenvalue weighted by atomic mass is 16.3. The molecule has 0 unspecified atom stereocenters. The maximum atomic E-state index is 11.1. The van der Waals surface area contributed by atoms with Crippen LogP contribution in [0.1, 0.15) is 25.0 Å². The topological polar surface area (TPSA) is 185 Å². The lowest BCUT2D eigenvalue weighted by molar-refractivity contribution is -0.126. The maximum absolute atomic E-state index is 11.1. The van der Waals surface area contributed by atoms with Crippen molar-refractivity contribution in [1.82, 2.24) is 10.6 Å². The van der Waals surface area contributed by atoms with Gasteiger partial charge in [0.25, 0.3) is 0 Å². The molecule has 0 saturated heterocycles. The van der Waals surface area contributed by atoms with Gasteiger partial charge in [-0.15, -0.1) is 0 Å². The Bertz CT molecular complexity index is 851. The van der Waals surface area contributed by atoms with Gasteiger partial charge in [-0.05, 0) is 35.4 Å². The fourth-order valence-electron chi connectivity index (χ4n) is 2.67. The predicted octanol–water partition coefficient (Wildman–Crippen LogP) is -0.151. The number of hydrogen-bond donors (Lipinski definition) is 6. The molecule has 0 aromatic heterocycles. The second-order valence-electron chi connectivity index (χ2n) is 7.05. The number of phenols is 2. The number of rotatable bonds is 8. The number of nitrogens with two attached hydrogens (primary N) is 2. The van der Waals surface area contributed by atoms with Crippen LogP contribution in [0.4, 0.5) is 0 Å². The molecule has 2 atom stereocenters. The minimum atomic E-state index is -0.720. The summed E-state index contributed by atoms with van der Waals surface area (Å²) < 4.78 is 0. The van der Waals surface area contributed by atoms with Crippen LogP contribution >= 0.6 is 0 Å². The van der Waals surface area contributed by atoms with Crippen molar-refractivity contribution in [3.63, 3.8) is 0 Å². The predicted molar refractivity (Wildman–Crippen MR) is 117 cm³/mol. The highest BCUT2D eigenvalue weighted by Crippen LogP contribution is 2.12.